The first-order valence-corrected chi connectivity index (χ1v) is 6.39. The van der Waals surface area contributed by atoms with Crippen LogP contribution < -0.4 is 0 Å². The minimum absolute atomic E-state index is 0.132. The Kier molecular flexibility index (Phi) is 18.8. The number of methoxy groups -OCH3 is 2. The summed E-state index contributed by atoms with van der Waals surface area (Å²) >= 11 is 0. The van der Waals surface area contributed by atoms with Crippen LogP contribution in [-0.2, 0) is 28.5 Å². The zero-order chi connectivity index (χ0) is 14.9. The molecule has 0 rings (SSSR count). The number of ether oxygens (including phenoxy) is 5. The summed E-state index contributed by atoms with van der Waals surface area (Å²) in [5.74, 6) is -0.264. The highest BCUT2D eigenvalue weighted by Crippen LogP contribution is 1.90. The van der Waals surface area contributed by atoms with Gasteiger partial charge in [0.2, 0.25) is 0 Å². The molecule has 1 atom stereocenters. The van der Waals surface area contributed by atoms with Crippen LogP contribution in [0.3, 0.4) is 0 Å². The Bertz CT molecular complexity index is 178. The van der Waals surface area contributed by atoms with Crippen molar-refractivity contribution in [3.63, 3.8) is 0 Å². The maximum Gasteiger partial charge on any atom is 0.302 e. The molecule has 1 unspecified atom stereocenters. The predicted octanol–water partition coefficient (Wildman–Crippen LogP) is 1.27. The summed E-state index contributed by atoms with van der Waals surface area (Å²) in [4.78, 5) is 10.3. The minimum atomic E-state index is -0.264. The average molecular weight is 280 g/mol. The van der Waals surface area contributed by atoms with E-state index < -0.39 is 0 Å². The average Bonchev–Trinajstić information content (AvgIpc) is 2.34. The molecule has 0 radical (unpaired) electrons. The summed E-state index contributed by atoms with van der Waals surface area (Å²) in [6.07, 6.45) is -0.132. The summed E-state index contributed by atoms with van der Waals surface area (Å²) in [7, 11) is 3.23. The number of hydrogen-bond donors (Lipinski definition) is 0. The van der Waals surface area contributed by atoms with Crippen molar-refractivity contribution in [2.75, 3.05) is 53.9 Å². The quantitative estimate of drug-likeness (QED) is 0.443. The Hall–Kier alpha value is -0.690. The summed E-state index contributed by atoms with van der Waals surface area (Å²) < 4.78 is 24.4. The van der Waals surface area contributed by atoms with Crippen LogP contribution in [0.1, 0.15) is 20.8 Å². The first-order chi connectivity index (χ1) is 9.08. The zero-order valence-electron chi connectivity index (χ0n) is 12.8. The highest BCUT2D eigenvalue weighted by Gasteiger charge is 2.02. The van der Waals surface area contributed by atoms with E-state index in [9.17, 15) is 4.79 Å². The maximum atomic E-state index is 10.3. The third-order valence-corrected chi connectivity index (χ3v) is 1.78. The Labute approximate surface area is 116 Å². The molecule has 0 aliphatic heterocycles. The first-order valence-electron chi connectivity index (χ1n) is 6.39. The van der Waals surface area contributed by atoms with Crippen molar-refractivity contribution >= 4 is 5.97 Å². The normalized spacial score (nSPS) is 11.4. The van der Waals surface area contributed by atoms with Crippen molar-refractivity contribution in [3.05, 3.63) is 0 Å². The van der Waals surface area contributed by atoms with Crippen molar-refractivity contribution in [2.45, 2.75) is 26.9 Å². The number of carbonyl (C=O) groups excluding carboxylic acids is 1. The molecular weight excluding hydrogens is 252 g/mol. The molecule has 0 aromatic rings. The van der Waals surface area contributed by atoms with E-state index in [2.05, 4.69) is 0 Å². The smallest absolute Gasteiger partial charge is 0.302 e. The second-order valence-corrected chi connectivity index (χ2v) is 3.68. The molecule has 0 amide bonds. The van der Waals surface area contributed by atoms with Gasteiger partial charge in [-0.25, -0.2) is 0 Å². The standard InChI is InChI=1S/C7H16O3.C6H12O3/c1-3-9-6-7-10-5-4-8-2;1-5(4-8-3)9-6(2)7/h3-7H2,1-2H3;5H,4H2,1-3H3. The maximum absolute atomic E-state index is 10.3. The minimum Gasteiger partial charge on any atom is -0.460 e. The molecule has 0 saturated carbocycles. The van der Waals surface area contributed by atoms with Crippen LogP contribution in [0.5, 0.6) is 0 Å². The van der Waals surface area contributed by atoms with Gasteiger partial charge >= 0.3 is 5.97 Å². The van der Waals surface area contributed by atoms with Gasteiger partial charge in [-0.2, -0.15) is 0 Å². The van der Waals surface area contributed by atoms with Crippen LogP contribution in [0.25, 0.3) is 0 Å². The van der Waals surface area contributed by atoms with E-state index in [1.54, 1.807) is 21.1 Å². The fraction of sp³-hybridized carbons (Fsp3) is 0.923. The van der Waals surface area contributed by atoms with Crippen LogP contribution in [-0.4, -0.2) is 65.9 Å². The van der Waals surface area contributed by atoms with Crippen LogP contribution >= 0.6 is 0 Å². The molecule has 0 saturated heterocycles. The molecule has 116 valence electrons. The Morgan fingerprint density at radius 2 is 1.58 bits per heavy atom. The van der Waals surface area contributed by atoms with Crippen LogP contribution in [0.15, 0.2) is 0 Å². The van der Waals surface area contributed by atoms with Gasteiger partial charge in [0, 0.05) is 27.8 Å². The van der Waals surface area contributed by atoms with Gasteiger partial charge in [0.15, 0.2) is 0 Å². The molecule has 0 aromatic carbocycles. The van der Waals surface area contributed by atoms with Crippen molar-refractivity contribution in [1.29, 1.82) is 0 Å². The molecule has 0 aliphatic carbocycles. The lowest BCUT2D eigenvalue weighted by molar-refractivity contribution is -0.147. The van der Waals surface area contributed by atoms with Crippen molar-refractivity contribution in [1.82, 2.24) is 0 Å². The highest BCUT2D eigenvalue weighted by atomic mass is 16.6. The van der Waals surface area contributed by atoms with Crippen molar-refractivity contribution in [3.8, 4) is 0 Å². The van der Waals surface area contributed by atoms with Gasteiger partial charge in [-0.3, -0.25) is 4.79 Å². The monoisotopic (exact) mass is 280 g/mol. The topological polar surface area (TPSA) is 63.2 Å². The van der Waals surface area contributed by atoms with Crippen molar-refractivity contribution < 1.29 is 28.5 Å². The lowest BCUT2D eigenvalue weighted by atomic mass is 10.4. The molecule has 0 heterocycles. The molecule has 0 aliphatic rings. The van der Waals surface area contributed by atoms with E-state index >= 15 is 0 Å². The van der Waals surface area contributed by atoms with E-state index in [4.69, 9.17) is 23.7 Å². The van der Waals surface area contributed by atoms with Crippen LogP contribution in [0.2, 0.25) is 0 Å². The van der Waals surface area contributed by atoms with E-state index in [0.717, 1.165) is 6.61 Å². The number of esters is 1. The highest BCUT2D eigenvalue weighted by molar-refractivity contribution is 5.66. The predicted molar refractivity (Wildman–Crippen MR) is 72.3 cm³/mol. The SMILES string of the molecule is CCOCCOCCOC.COCC(C)OC(C)=O. The largest absolute Gasteiger partial charge is 0.460 e. The van der Waals surface area contributed by atoms with Gasteiger partial charge in [-0.05, 0) is 13.8 Å². The first kappa shape index (κ1) is 20.6. The molecule has 0 aromatic heterocycles. The molecule has 19 heavy (non-hydrogen) atoms. The van der Waals surface area contributed by atoms with E-state index in [1.165, 1.54) is 6.92 Å². The van der Waals surface area contributed by atoms with Crippen molar-refractivity contribution in [2.24, 2.45) is 0 Å². The fourth-order valence-corrected chi connectivity index (χ4v) is 1.06. The van der Waals surface area contributed by atoms with Gasteiger partial charge in [0.05, 0.1) is 33.0 Å². The van der Waals surface area contributed by atoms with Gasteiger partial charge < -0.3 is 23.7 Å². The third kappa shape index (κ3) is 22.9. The third-order valence-electron chi connectivity index (χ3n) is 1.78. The molecule has 0 fully saturated rings. The second-order valence-electron chi connectivity index (χ2n) is 3.68. The molecule has 0 spiro atoms. The number of carbonyl (C=O) groups is 1. The molecular formula is C13H28O6. The summed E-state index contributed by atoms with van der Waals surface area (Å²) in [6, 6.07) is 0. The summed E-state index contributed by atoms with van der Waals surface area (Å²) in [5.41, 5.74) is 0. The molecule has 0 bridgehead atoms. The Morgan fingerprint density at radius 3 is 2.05 bits per heavy atom. The molecule has 6 nitrogen and oxygen atoms in total. The number of rotatable bonds is 10. The second kappa shape index (κ2) is 17.3. The van der Waals surface area contributed by atoms with Gasteiger partial charge in [-0.1, -0.05) is 0 Å². The van der Waals surface area contributed by atoms with E-state index in [1.807, 2.05) is 6.92 Å². The Morgan fingerprint density at radius 1 is 1.00 bits per heavy atom. The zero-order valence-corrected chi connectivity index (χ0v) is 12.8. The van der Waals surface area contributed by atoms with Gasteiger partial charge in [0.1, 0.15) is 6.10 Å². The Balaban J connectivity index is 0. The van der Waals surface area contributed by atoms with Gasteiger partial charge in [0.25, 0.3) is 0 Å². The fourth-order valence-electron chi connectivity index (χ4n) is 1.06. The van der Waals surface area contributed by atoms with E-state index in [-0.39, 0.29) is 12.1 Å². The molecule has 6 heteroatoms. The number of hydrogen-bond acceptors (Lipinski definition) is 6. The summed E-state index contributed by atoms with van der Waals surface area (Å²) in [5, 5.41) is 0. The van der Waals surface area contributed by atoms with Gasteiger partial charge in [-0.15, -0.1) is 0 Å². The lowest BCUT2D eigenvalue weighted by Gasteiger charge is -2.08. The molecule has 0 N–H and O–H groups in total. The summed E-state index contributed by atoms with van der Waals surface area (Å²) in [6.45, 7) is 9.01. The lowest BCUT2D eigenvalue weighted by Crippen LogP contribution is -2.17. The van der Waals surface area contributed by atoms with Crippen LogP contribution in [0, 0.1) is 0 Å². The van der Waals surface area contributed by atoms with E-state index in [0.29, 0.717) is 33.0 Å². The van der Waals surface area contributed by atoms with Crippen LogP contribution in [0.4, 0.5) is 0 Å².